The van der Waals surface area contributed by atoms with Crippen molar-refractivity contribution in [1.82, 2.24) is 20.1 Å². The third kappa shape index (κ3) is 4.68. The number of thioether (sulfide) groups is 1. The van der Waals surface area contributed by atoms with E-state index in [1.807, 2.05) is 29.0 Å². The number of hydrogen-bond acceptors (Lipinski definition) is 5. The average molecular weight is 459 g/mol. The topological polar surface area (TPSA) is 59.8 Å². The fraction of sp³-hybridized carbons (Fsp3) is 0.278. The van der Waals surface area contributed by atoms with Crippen LogP contribution in [0.3, 0.4) is 0 Å². The van der Waals surface area contributed by atoms with E-state index in [-0.39, 0.29) is 16.7 Å². The lowest BCUT2D eigenvalue weighted by molar-refractivity contribution is -0.119. The molecule has 0 saturated heterocycles. The Kier molecular flexibility index (Phi) is 6.98. The van der Waals surface area contributed by atoms with Crippen molar-refractivity contribution < 1.29 is 9.18 Å². The molecule has 1 amide bonds. The van der Waals surface area contributed by atoms with Crippen molar-refractivity contribution in [2.75, 3.05) is 5.75 Å². The zero-order chi connectivity index (χ0) is 20.3. The molecule has 1 N–H and O–H groups in total. The fourth-order valence-corrected chi connectivity index (χ4v) is 4.71. The van der Waals surface area contributed by atoms with Crippen LogP contribution in [0.4, 0.5) is 4.39 Å². The van der Waals surface area contributed by atoms with E-state index in [4.69, 9.17) is 23.2 Å². The van der Waals surface area contributed by atoms with Gasteiger partial charge in [-0.1, -0.05) is 41.0 Å². The predicted octanol–water partition coefficient (Wildman–Crippen LogP) is 5.44. The molecule has 0 spiro atoms. The summed E-state index contributed by atoms with van der Waals surface area (Å²) in [4.78, 5) is 13.4. The zero-order valence-electron chi connectivity index (χ0n) is 15.1. The molecule has 2 heterocycles. The number of rotatable bonds is 7. The molecule has 0 aliphatic rings. The van der Waals surface area contributed by atoms with E-state index >= 15 is 0 Å². The van der Waals surface area contributed by atoms with E-state index in [0.29, 0.717) is 22.3 Å². The van der Waals surface area contributed by atoms with Gasteiger partial charge in [-0.3, -0.25) is 4.79 Å². The number of amides is 1. The van der Waals surface area contributed by atoms with Crippen LogP contribution in [0, 0.1) is 5.82 Å². The summed E-state index contributed by atoms with van der Waals surface area (Å²) >= 11 is 14.7. The minimum absolute atomic E-state index is 0.0525. The Morgan fingerprint density at radius 2 is 2.14 bits per heavy atom. The average Bonchev–Trinajstić information content (AvgIpc) is 3.31. The smallest absolute Gasteiger partial charge is 0.230 e. The van der Waals surface area contributed by atoms with Gasteiger partial charge in [-0.05, 0) is 43.0 Å². The Balaban J connectivity index is 1.64. The zero-order valence-corrected chi connectivity index (χ0v) is 18.2. The number of hydrogen-bond donors (Lipinski definition) is 1. The molecule has 0 saturated carbocycles. The molecule has 1 atom stereocenters. The Bertz CT molecular complexity index is 978. The van der Waals surface area contributed by atoms with Crippen LogP contribution >= 0.6 is 46.3 Å². The van der Waals surface area contributed by atoms with E-state index in [2.05, 4.69) is 15.5 Å². The number of benzene rings is 1. The third-order valence-electron chi connectivity index (χ3n) is 3.99. The van der Waals surface area contributed by atoms with Crippen LogP contribution in [0.15, 0.2) is 34.8 Å². The lowest BCUT2D eigenvalue weighted by Gasteiger charge is -2.16. The summed E-state index contributed by atoms with van der Waals surface area (Å²) < 4.78 is 15.7. The quantitative estimate of drug-likeness (QED) is 0.378. The molecule has 148 valence electrons. The normalized spacial score (nSPS) is 12.2. The summed E-state index contributed by atoms with van der Waals surface area (Å²) in [7, 11) is 0. The van der Waals surface area contributed by atoms with Gasteiger partial charge in [-0.2, -0.15) is 0 Å². The molecule has 1 aromatic carbocycles. The molecule has 0 bridgehead atoms. The maximum absolute atomic E-state index is 13.7. The molecule has 1 unspecified atom stereocenters. The van der Waals surface area contributed by atoms with Crippen LogP contribution in [0.2, 0.25) is 10.0 Å². The van der Waals surface area contributed by atoms with Crippen molar-refractivity contribution >= 4 is 52.2 Å². The third-order valence-corrected chi connectivity index (χ3v) is 6.44. The van der Waals surface area contributed by atoms with Crippen molar-refractivity contribution in [1.29, 1.82) is 0 Å². The van der Waals surface area contributed by atoms with Gasteiger partial charge in [-0.15, -0.1) is 21.5 Å². The Labute approximate surface area is 180 Å². The molecule has 10 heteroatoms. The molecule has 0 aliphatic heterocycles. The molecule has 0 radical (unpaired) electrons. The largest absolute Gasteiger partial charge is 0.349 e. The molecule has 5 nitrogen and oxygen atoms in total. The first-order chi connectivity index (χ1) is 13.4. The molecular formula is C18H17Cl2FN4OS2. The number of nitrogens with one attached hydrogen (secondary N) is 1. The summed E-state index contributed by atoms with van der Waals surface area (Å²) in [5.41, 5.74) is 0.471. The second kappa shape index (κ2) is 9.26. The van der Waals surface area contributed by atoms with Crippen LogP contribution in [0.1, 0.15) is 25.5 Å². The van der Waals surface area contributed by atoms with Gasteiger partial charge in [0.05, 0.1) is 21.7 Å². The fourth-order valence-electron chi connectivity index (χ4n) is 2.63. The molecular weight excluding hydrogens is 442 g/mol. The Morgan fingerprint density at radius 1 is 1.36 bits per heavy atom. The molecule has 0 fully saturated rings. The first kappa shape index (κ1) is 21.1. The van der Waals surface area contributed by atoms with Crippen LogP contribution in [-0.4, -0.2) is 26.4 Å². The SMILES string of the molecule is CCn1c(SCC(=O)NC(C)c2cc(F)c(Cl)cc2Cl)nnc1-c1cccs1. The van der Waals surface area contributed by atoms with Crippen LogP contribution in [0.25, 0.3) is 10.7 Å². The van der Waals surface area contributed by atoms with Gasteiger partial charge in [0.1, 0.15) is 5.82 Å². The molecule has 28 heavy (non-hydrogen) atoms. The van der Waals surface area contributed by atoms with E-state index in [1.54, 1.807) is 18.3 Å². The number of halogens is 3. The minimum Gasteiger partial charge on any atom is -0.349 e. The standard InChI is InChI=1S/C18H17Cl2FN4OS2/c1-3-25-17(15-5-4-6-27-15)23-24-18(25)28-9-16(26)22-10(2)11-7-14(21)13(20)8-12(11)19/h4-8,10H,3,9H2,1-2H3,(H,22,26). The second-order valence-electron chi connectivity index (χ2n) is 5.89. The molecule has 3 rings (SSSR count). The number of thiophene rings is 1. The lowest BCUT2D eigenvalue weighted by atomic mass is 10.1. The maximum atomic E-state index is 13.7. The van der Waals surface area contributed by atoms with E-state index in [1.165, 1.54) is 23.9 Å². The molecule has 2 aromatic heterocycles. The first-order valence-electron chi connectivity index (χ1n) is 8.44. The van der Waals surface area contributed by atoms with E-state index in [9.17, 15) is 9.18 Å². The van der Waals surface area contributed by atoms with Gasteiger partial charge in [0, 0.05) is 11.6 Å². The number of nitrogens with zero attached hydrogens (tertiary/aromatic N) is 3. The highest BCUT2D eigenvalue weighted by atomic mass is 35.5. The van der Waals surface area contributed by atoms with Crippen molar-refractivity contribution in [3.8, 4) is 10.7 Å². The van der Waals surface area contributed by atoms with Crippen LogP contribution in [0.5, 0.6) is 0 Å². The second-order valence-corrected chi connectivity index (χ2v) is 8.60. The van der Waals surface area contributed by atoms with Gasteiger partial charge in [0.25, 0.3) is 0 Å². The molecule has 3 aromatic rings. The van der Waals surface area contributed by atoms with Gasteiger partial charge in [0.15, 0.2) is 11.0 Å². The lowest BCUT2D eigenvalue weighted by Crippen LogP contribution is -2.28. The highest BCUT2D eigenvalue weighted by molar-refractivity contribution is 7.99. The first-order valence-corrected chi connectivity index (χ1v) is 11.1. The van der Waals surface area contributed by atoms with Gasteiger partial charge in [-0.25, -0.2) is 4.39 Å². The summed E-state index contributed by atoms with van der Waals surface area (Å²) in [5, 5.41) is 14.2. The monoisotopic (exact) mass is 458 g/mol. The minimum atomic E-state index is -0.575. The number of carbonyl (C=O) groups excluding carboxylic acids is 1. The van der Waals surface area contributed by atoms with Gasteiger partial charge in [0.2, 0.25) is 5.91 Å². The summed E-state index contributed by atoms with van der Waals surface area (Å²) in [6.07, 6.45) is 0. The van der Waals surface area contributed by atoms with Crippen LogP contribution < -0.4 is 5.32 Å². The Hall–Kier alpha value is -1.61. The van der Waals surface area contributed by atoms with Crippen molar-refractivity contribution in [3.63, 3.8) is 0 Å². The van der Waals surface area contributed by atoms with Crippen molar-refractivity contribution in [2.45, 2.75) is 31.6 Å². The van der Waals surface area contributed by atoms with Crippen LogP contribution in [-0.2, 0) is 11.3 Å². The van der Waals surface area contributed by atoms with Gasteiger partial charge >= 0.3 is 0 Å². The van der Waals surface area contributed by atoms with Crippen molar-refractivity contribution in [3.05, 3.63) is 51.1 Å². The Morgan fingerprint density at radius 3 is 2.82 bits per heavy atom. The summed E-state index contributed by atoms with van der Waals surface area (Å²) in [6, 6.07) is 6.06. The highest BCUT2D eigenvalue weighted by Crippen LogP contribution is 2.29. The van der Waals surface area contributed by atoms with Crippen molar-refractivity contribution in [2.24, 2.45) is 0 Å². The summed E-state index contributed by atoms with van der Waals surface area (Å²) in [5.74, 6) is 0.152. The highest BCUT2D eigenvalue weighted by Gasteiger charge is 2.18. The predicted molar refractivity (Wildman–Crippen MR) is 113 cm³/mol. The van der Waals surface area contributed by atoms with E-state index < -0.39 is 11.9 Å². The maximum Gasteiger partial charge on any atom is 0.230 e. The van der Waals surface area contributed by atoms with Gasteiger partial charge < -0.3 is 9.88 Å². The number of carbonyl (C=O) groups is 1. The van der Waals surface area contributed by atoms with E-state index in [0.717, 1.165) is 10.7 Å². The summed E-state index contributed by atoms with van der Waals surface area (Å²) in [6.45, 7) is 4.44. The number of aromatic nitrogens is 3. The molecule has 0 aliphatic carbocycles.